The number of unbranched alkanes of at least 4 members (excludes halogenated alkanes) is 1. The fourth-order valence-corrected chi connectivity index (χ4v) is 6.22. The Morgan fingerprint density at radius 2 is 0.868 bits per heavy atom. The van der Waals surface area contributed by atoms with Gasteiger partial charge in [-0.1, -0.05) is 219 Å². The van der Waals surface area contributed by atoms with Gasteiger partial charge in [0.05, 0.1) is 71.4 Å². The van der Waals surface area contributed by atoms with Crippen LogP contribution in [0.4, 0.5) is 5.69 Å². The van der Waals surface area contributed by atoms with Gasteiger partial charge in [-0.05, 0) is 95.7 Å². The van der Waals surface area contributed by atoms with Crippen molar-refractivity contribution >= 4 is 47.5 Å². The van der Waals surface area contributed by atoms with E-state index in [-0.39, 0.29) is 107 Å². The quantitative estimate of drug-likeness (QED) is 0.0162. The van der Waals surface area contributed by atoms with E-state index in [1.807, 2.05) is 132 Å². The fraction of sp³-hybridized carbons (Fsp3) is 0.527. The van der Waals surface area contributed by atoms with Gasteiger partial charge < -0.3 is 33.2 Å². The second kappa shape index (κ2) is 48.8. The molecule has 0 N–H and O–H groups in total. The monoisotopic (exact) mass is 1270 g/mol. The number of para-hydroxylation sites is 1. The van der Waals surface area contributed by atoms with E-state index in [9.17, 15) is 43.7 Å². The summed E-state index contributed by atoms with van der Waals surface area (Å²) in [7, 11) is 0. The van der Waals surface area contributed by atoms with Crippen molar-refractivity contribution in [2.24, 2.45) is 41.4 Å². The van der Waals surface area contributed by atoms with Crippen molar-refractivity contribution in [2.75, 3.05) is 19.8 Å². The number of nitrogens with zero attached hydrogens (tertiary/aromatic N) is 1. The van der Waals surface area contributed by atoms with E-state index in [1.165, 1.54) is 39.5 Å². The second-order valence-electron chi connectivity index (χ2n) is 24.4. The minimum absolute atomic E-state index is 0.00921. The fourth-order valence-electron chi connectivity index (χ4n) is 6.22. The molecule has 0 saturated heterocycles. The maximum Gasteiger partial charge on any atom is 0.313 e. The van der Waals surface area contributed by atoms with Crippen molar-refractivity contribution in [2.45, 2.75) is 197 Å². The first-order valence-corrected chi connectivity index (χ1v) is 31.3. The summed E-state index contributed by atoms with van der Waals surface area (Å²) in [6.07, 6.45) is 3.19. The molecule has 0 aliphatic heterocycles. The smallest absolute Gasteiger partial charge is 0.313 e. The molecule has 0 fully saturated rings. The summed E-state index contributed by atoms with van der Waals surface area (Å²) in [6.45, 7) is 48.3. The number of allylic oxidation sites excluding steroid dienone is 2. The largest absolute Gasteiger partial charge is 0.466 e. The lowest BCUT2D eigenvalue weighted by Crippen LogP contribution is -2.26. The lowest BCUT2D eigenvalue weighted by atomic mass is 9.98. The van der Waals surface area contributed by atoms with Crippen molar-refractivity contribution < 1.29 is 71.6 Å². The Bertz CT molecular complexity index is 2740. The van der Waals surface area contributed by atoms with Gasteiger partial charge in [-0.3, -0.25) is 43.7 Å². The molecule has 0 spiro atoms. The Morgan fingerprint density at radius 3 is 1.22 bits per heavy atom. The summed E-state index contributed by atoms with van der Waals surface area (Å²) in [5, 5.41) is 10.7. The van der Waals surface area contributed by atoms with Crippen LogP contribution in [0.25, 0.3) is 11.1 Å². The van der Waals surface area contributed by atoms with E-state index in [0.29, 0.717) is 32.0 Å². The van der Waals surface area contributed by atoms with E-state index >= 15 is 0 Å². The number of fused-ring (bicyclic) bond motifs is 3. The van der Waals surface area contributed by atoms with E-state index in [1.54, 1.807) is 52.8 Å². The molecular weight excluding hydrogens is 1160 g/mol. The lowest BCUT2D eigenvalue weighted by Gasteiger charge is -2.20. The summed E-state index contributed by atoms with van der Waals surface area (Å²) in [4.78, 5) is 86.9. The van der Waals surface area contributed by atoms with Crippen LogP contribution in [0.3, 0.4) is 0 Å². The molecule has 17 nitrogen and oxygen atoms in total. The number of benzene rings is 4. The van der Waals surface area contributed by atoms with Crippen molar-refractivity contribution in [3.63, 3.8) is 0 Å². The van der Waals surface area contributed by atoms with E-state index in [4.69, 9.17) is 23.7 Å². The highest BCUT2D eigenvalue weighted by Gasteiger charge is 2.29. The number of hydrogen-bond acceptors (Lipinski definition) is 16. The molecule has 0 aromatic heterocycles. The summed E-state index contributed by atoms with van der Waals surface area (Å²) in [6, 6.07) is 32.6. The SMILES string of the molecule is C=COC(=O)C(C)C.CC(C)=C(C)C.CC(C)C(=O)OC(C)(C)C.CC(C)C(=O)OCC1c2ccccc2-c2ccccc21.CC(C)C(=O)OCc1ccccc1.CC(C)C(=O)OCc1ccccc1[N+](=O)[O-].CCCCOC(=O)C(C)C.CCOC(=O)C(C)C. The zero-order chi connectivity index (χ0) is 70.6. The van der Waals surface area contributed by atoms with Gasteiger partial charge in [0.25, 0.3) is 5.69 Å². The lowest BCUT2D eigenvalue weighted by molar-refractivity contribution is -0.385. The summed E-state index contributed by atoms with van der Waals surface area (Å²) in [5.41, 5.74) is 8.93. The van der Waals surface area contributed by atoms with Crippen LogP contribution in [0, 0.1) is 51.5 Å². The van der Waals surface area contributed by atoms with Crippen LogP contribution in [0.5, 0.6) is 0 Å². The molecule has 0 bridgehead atoms. The molecule has 0 heterocycles. The Labute approximate surface area is 545 Å². The average Bonchev–Trinajstić information content (AvgIpc) is 1.63. The van der Waals surface area contributed by atoms with Gasteiger partial charge >= 0.3 is 41.8 Å². The molecule has 4 aromatic rings. The maximum absolute atomic E-state index is 11.7. The third kappa shape index (κ3) is 41.9. The predicted molar refractivity (Wildman–Crippen MR) is 362 cm³/mol. The van der Waals surface area contributed by atoms with Gasteiger partial charge in [-0.15, -0.1) is 0 Å². The minimum Gasteiger partial charge on any atom is -0.466 e. The third-order valence-electron chi connectivity index (χ3n) is 12.1. The van der Waals surface area contributed by atoms with Gasteiger partial charge in [-0.25, -0.2) is 0 Å². The Kier molecular flexibility index (Phi) is 46.8. The van der Waals surface area contributed by atoms with E-state index in [0.717, 1.165) is 24.7 Å². The van der Waals surface area contributed by atoms with Gasteiger partial charge in [0.15, 0.2) is 0 Å². The Balaban J connectivity index is -0.00000100. The Hall–Kier alpha value is -7.95. The van der Waals surface area contributed by atoms with Crippen LogP contribution in [0.15, 0.2) is 127 Å². The topological polar surface area (TPSA) is 227 Å². The second-order valence-corrected chi connectivity index (χ2v) is 24.4. The molecule has 91 heavy (non-hydrogen) atoms. The van der Waals surface area contributed by atoms with Crippen molar-refractivity contribution in [3.8, 4) is 11.1 Å². The minimum atomic E-state index is -0.488. The number of carbonyl (C=O) groups is 7. The molecular formula is C74H111NO16. The molecule has 5 rings (SSSR count). The normalized spacial score (nSPS) is 10.7. The highest BCUT2D eigenvalue weighted by Crippen LogP contribution is 2.44. The number of nitro groups is 1. The van der Waals surface area contributed by atoms with Crippen molar-refractivity contribution in [1.82, 2.24) is 0 Å². The van der Waals surface area contributed by atoms with Crippen LogP contribution in [-0.2, 0) is 79.9 Å². The highest BCUT2D eigenvalue weighted by atomic mass is 16.6. The van der Waals surface area contributed by atoms with Crippen molar-refractivity contribution in [3.05, 3.63) is 159 Å². The number of hydrogen-bond donors (Lipinski definition) is 0. The third-order valence-corrected chi connectivity index (χ3v) is 12.1. The van der Waals surface area contributed by atoms with Gasteiger partial charge in [0.1, 0.15) is 25.4 Å². The van der Waals surface area contributed by atoms with Crippen LogP contribution in [-0.4, -0.2) is 72.1 Å². The number of esters is 7. The molecule has 4 aromatic carbocycles. The van der Waals surface area contributed by atoms with Crippen LogP contribution < -0.4 is 0 Å². The molecule has 1 aliphatic rings. The van der Waals surface area contributed by atoms with Crippen molar-refractivity contribution in [1.29, 1.82) is 0 Å². The molecule has 0 atom stereocenters. The summed E-state index contributed by atoms with van der Waals surface area (Å²) >= 11 is 0. The molecule has 508 valence electrons. The summed E-state index contributed by atoms with van der Waals surface area (Å²) in [5.74, 6) is -1.50. The molecule has 17 heteroatoms. The average molecular weight is 1270 g/mol. The van der Waals surface area contributed by atoms with E-state index in [2.05, 4.69) is 87.1 Å². The first kappa shape index (κ1) is 87.3. The number of ether oxygens (including phenoxy) is 7. The van der Waals surface area contributed by atoms with Crippen LogP contribution in [0.2, 0.25) is 0 Å². The predicted octanol–water partition coefficient (Wildman–Crippen LogP) is 17.5. The highest BCUT2D eigenvalue weighted by molar-refractivity contribution is 5.79. The van der Waals surface area contributed by atoms with Crippen LogP contribution in [0.1, 0.15) is 200 Å². The first-order chi connectivity index (χ1) is 42.4. The molecule has 0 saturated carbocycles. The number of nitro benzene ring substituents is 1. The van der Waals surface area contributed by atoms with Gasteiger partial charge in [-0.2, -0.15) is 0 Å². The summed E-state index contributed by atoms with van der Waals surface area (Å²) < 4.78 is 34.5. The maximum atomic E-state index is 11.7. The Morgan fingerprint density at radius 1 is 0.495 bits per heavy atom. The van der Waals surface area contributed by atoms with Gasteiger partial charge in [0.2, 0.25) is 0 Å². The standard InChI is InChI=1S/C18H18O2.C11H13NO4.C11H14O2.2C8H16O2.C6H12O2.C6H10O2.C6H12/c1-12(2)18(19)20-11-17-15-9-5-3-7-13(15)14-8-4-6-10-16(14)17;1-8(2)11(13)16-7-9-5-3-4-6-10(9)12(14)15;1-9(2)11(12)13-8-10-6-4-3-5-7-10;1-6(2)7(9)10-8(3,4)5;1-4-5-6-10-8(9)7(2)3;2*1-4-8-6(7)5(2)3;1-5(2)6(3)4/h3-10,12,17H,11H2,1-2H3;3-6,8H,7H2,1-2H3;3-7,9H,8H2,1-2H3;6H,1-5H3;7H,4-6H2,1-3H3;5H,4H2,1-3H3;4-5H,1H2,2-3H3;1-4H3. The van der Waals surface area contributed by atoms with E-state index < -0.39 is 4.92 Å². The molecule has 0 radical (unpaired) electrons. The molecule has 0 unspecified atom stereocenters. The van der Waals surface area contributed by atoms with Gasteiger partial charge in [0, 0.05) is 12.0 Å². The van der Waals surface area contributed by atoms with Crippen LogP contribution >= 0.6 is 0 Å². The molecule has 0 amide bonds. The number of rotatable bonds is 19. The number of carbonyl (C=O) groups excluding carboxylic acids is 7. The first-order valence-electron chi connectivity index (χ1n) is 31.3. The molecule has 1 aliphatic carbocycles. The zero-order valence-electron chi connectivity index (χ0n) is 59.1. The zero-order valence-corrected chi connectivity index (χ0v) is 59.1.